The number of benzene rings is 2. The quantitative estimate of drug-likeness (QED) is 0.729. The summed E-state index contributed by atoms with van der Waals surface area (Å²) in [6, 6.07) is 12.8. The molecule has 1 atom stereocenters. The van der Waals surface area contributed by atoms with Crippen LogP contribution in [-0.2, 0) is 11.2 Å². The molecule has 4 nitrogen and oxygen atoms in total. The Kier molecular flexibility index (Phi) is 5.62. The maximum Gasteiger partial charge on any atom is 0.223 e. The molecule has 2 aromatic rings. The molecular formula is C21H22ClNO3. The third-order valence-electron chi connectivity index (χ3n) is 4.92. The Morgan fingerprint density at radius 1 is 1.19 bits per heavy atom. The van der Waals surface area contributed by atoms with Crippen molar-refractivity contribution in [3.05, 3.63) is 64.2 Å². The standard InChI is InChI=1S/C21H22ClNO3/c1-14-19-7-6-18(26-2)13-15(19)10-11-23(14)21(25)9-8-20(24)16-4-3-5-17(22)12-16/h3-7,12-14H,8-11H2,1-2H3. The highest BCUT2D eigenvalue weighted by Crippen LogP contribution is 2.32. The number of carbonyl (C=O) groups excluding carboxylic acids is 2. The van der Waals surface area contributed by atoms with E-state index in [0.29, 0.717) is 17.1 Å². The van der Waals surface area contributed by atoms with Crippen molar-refractivity contribution < 1.29 is 14.3 Å². The first-order valence-corrected chi connectivity index (χ1v) is 9.12. The lowest BCUT2D eigenvalue weighted by Gasteiger charge is -2.35. The molecule has 0 radical (unpaired) electrons. The molecule has 3 rings (SSSR count). The van der Waals surface area contributed by atoms with E-state index < -0.39 is 0 Å². The second-order valence-corrected chi connectivity index (χ2v) is 6.95. The summed E-state index contributed by atoms with van der Waals surface area (Å²) < 4.78 is 5.28. The molecule has 0 fully saturated rings. The number of rotatable bonds is 5. The second-order valence-electron chi connectivity index (χ2n) is 6.51. The lowest BCUT2D eigenvalue weighted by molar-refractivity contribution is -0.133. The highest BCUT2D eigenvalue weighted by molar-refractivity contribution is 6.31. The number of nitrogens with zero attached hydrogens (tertiary/aromatic N) is 1. The molecule has 0 aliphatic carbocycles. The summed E-state index contributed by atoms with van der Waals surface area (Å²) in [6.07, 6.45) is 1.20. The Hall–Kier alpha value is -2.33. The monoisotopic (exact) mass is 371 g/mol. The van der Waals surface area contributed by atoms with Gasteiger partial charge in [-0.1, -0.05) is 29.8 Å². The van der Waals surface area contributed by atoms with Gasteiger partial charge in [0.05, 0.1) is 13.2 Å². The first kappa shape index (κ1) is 18.5. The summed E-state index contributed by atoms with van der Waals surface area (Å²) in [5.74, 6) is 0.785. The summed E-state index contributed by atoms with van der Waals surface area (Å²) in [5.41, 5.74) is 2.91. The summed E-state index contributed by atoms with van der Waals surface area (Å²) in [6.45, 7) is 2.69. The van der Waals surface area contributed by atoms with Crippen molar-refractivity contribution in [3.8, 4) is 5.75 Å². The maximum absolute atomic E-state index is 12.7. The number of ether oxygens (including phenoxy) is 1. The van der Waals surface area contributed by atoms with Crippen LogP contribution in [-0.4, -0.2) is 30.2 Å². The predicted molar refractivity (Wildman–Crippen MR) is 102 cm³/mol. The average Bonchev–Trinajstić information content (AvgIpc) is 2.65. The molecule has 0 N–H and O–H groups in total. The fourth-order valence-electron chi connectivity index (χ4n) is 3.45. The van der Waals surface area contributed by atoms with Gasteiger partial charge >= 0.3 is 0 Å². The number of Topliss-reactive ketones (excluding diaryl/α,β-unsaturated/α-hetero) is 1. The van der Waals surface area contributed by atoms with E-state index >= 15 is 0 Å². The molecule has 1 heterocycles. The SMILES string of the molecule is COc1ccc2c(c1)CCN(C(=O)CCC(=O)c1cccc(Cl)c1)C2C. The maximum atomic E-state index is 12.7. The summed E-state index contributed by atoms with van der Waals surface area (Å²) in [4.78, 5) is 26.8. The number of fused-ring (bicyclic) bond motifs is 1. The summed E-state index contributed by atoms with van der Waals surface area (Å²) in [7, 11) is 1.65. The van der Waals surface area contributed by atoms with Crippen LogP contribution in [0.5, 0.6) is 5.75 Å². The van der Waals surface area contributed by atoms with E-state index in [9.17, 15) is 9.59 Å². The Labute approximate surface area is 158 Å². The molecule has 2 aromatic carbocycles. The number of carbonyl (C=O) groups is 2. The third kappa shape index (κ3) is 3.91. The molecule has 0 saturated heterocycles. The molecule has 1 aliphatic rings. The van der Waals surface area contributed by atoms with E-state index in [1.54, 1.807) is 31.4 Å². The topological polar surface area (TPSA) is 46.6 Å². The molecule has 5 heteroatoms. The molecule has 0 spiro atoms. The van der Waals surface area contributed by atoms with Gasteiger partial charge in [-0.25, -0.2) is 0 Å². The fourth-order valence-corrected chi connectivity index (χ4v) is 3.64. The fraction of sp³-hybridized carbons (Fsp3) is 0.333. The van der Waals surface area contributed by atoms with E-state index in [1.165, 1.54) is 5.56 Å². The van der Waals surface area contributed by atoms with Crippen molar-refractivity contribution in [2.24, 2.45) is 0 Å². The van der Waals surface area contributed by atoms with Crippen molar-refractivity contribution in [2.45, 2.75) is 32.2 Å². The van der Waals surface area contributed by atoms with Crippen LogP contribution in [0.2, 0.25) is 5.02 Å². The van der Waals surface area contributed by atoms with Gasteiger partial charge in [0, 0.05) is 30.0 Å². The number of methoxy groups -OCH3 is 1. The van der Waals surface area contributed by atoms with Gasteiger partial charge in [0.1, 0.15) is 5.75 Å². The number of hydrogen-bond acceptors (Lipinski definition) is 3. The molecule has 26 heavy (non-hydrogen) atoms. The zero-order valence-electron chi connectivity index (χ0n) is 15.0. The smallest absolute Gasteiger partial charge is 0.223 e. The minimum Gasteiger partial charge on any atom is -0.497 e. The van der Waals surface area contributed by atoms with Crippen molar-refractivity contribution in [3.63, 3.8) is 0 Å². The van der Waals surface area contributed by atoms with Gasteiger partial charge in [0.25, 0.3) is 0 Å². The predicted octanol–water partition coefficient (Wildman–Crippen LogP) is 4.46. The molecule has 1 amide bonds. The normalized spacial score (nSPS) is 16.1. The van der Waals surface area contributed by atoms with Crippen LogP contribution in [0.25, 0.3) is 0 Å². The zero-order valence-corrected chi connectivity index (χ0v) is 15.8. The highest BCUT2D eigenvalue weighted by Gasteiger charge is 2.27. The zero-order chi connectivity index (χ0) is 18.7. The highest BCUT2D eigenvalue weighted by atomic mass is 35.5. The van der Waals surface area contributed by atoms with Gasteiger partial charge in [-0.2, -0.15) is 0 Å². The Morgan fingerprint density at radius 3 is 2.73 bits per heavy atom. The summed E-state index contributed by atoms with van der Waals surface area (Å²) >= 11 is 5.93. The van der Waals surface area contributed by atoms with Gasteiger partial charge in [-0.3, -0.25) is 9.59 Å². The number of hydrogen-bond donors (Lipinski definition) is 0. The Morgan fingerprint density at radius 2 is 2.00 bits per heavy atom. The van der Waals surface area contributed by atoms with Gasteiger partial charge in [-0.05, 0) is 48.7 Å². The number of amides is 1. The number of halogens is 1. The van der Waals surface area contributed by atoms with Crippen LogP contribution in [0, 0.1) is 0 Å². The minimum atomic E-state index is -0.0596. The summed E-state index contributed by atoms with van der Waals surface area (Å²) in [5, 5.41) is 0.527. The van der Waals surface area contributed by atoms with Gasteiger partial charge < -0.3 is 9.64 Å². The van der Waals surface area contributed by atoms with Crippen molar-refractivity contribution in [1.29, 1.82) is 0 Å². The first-order chi connectivity index (χ1) is 12.5. The van der Waals surface area contributed by atoms with E-state index in [4.69, 9.17) is 16.3 Å². The Bertz CT molecular complexity index is 834. The van der Waals surface area contributed by atoms with Gasteiger partial charge in [0.15, 0.2) is 5.78 Å². The van der Waals surface area contributed by atoms with E-state index in [1.807, 2.05) is 30.0 Å². The minimum absolute atomic E-state index is 0.00146. The lowest BCUT2D eigenvalue weighted by Crippen LogP contribution is -2.38. The van der Waals surface area contributed by atoms with Crippen molar-refractivity contribution in [2.75, 3.05) is 13.7 Å². The van der Waals surface area contributed by atoms with Crippen LogP contribution in [0.3, 0.4) is 0 Å². The van der Waals surface area contributed by atoms with Crippen molar-refractivity contribution >= 4 is 23.3 Å². The van der Waals surface area contributed by atoms with Crippen LogP contribution in [0.4, 0.5) is 0 Å². The van der Waals surface area contributed by atoms with Crippen LogP contribution in [0.15, 0.2) is 42.5 Å². The molecule has 0 aromatic heterocycles. The molecule has 136 valence electrons. The third-order valence-corrected chi connectivity index (χ3v) is 5.16. The molecule has 0 bridgehead atoms. The molecule has 1 unspecified atom stereocenters. The van der Waals surface area contributed by atoms with Gasteiger partial charge in [-0.15, -0.1) is 0 Å². The molecular weight excluding hydrogens is 350 g/mol. The first-order valence-electron chi connectivity index (χ1n) is 8.74. The van der Waals surface area contributed by atoms with E-state index in [0.717, 1.165) is 17.7 Å². The van der Waals surface area contributed by atoms with E-state index in [2.05, 4.69) is 0 Å². The average molecular weight is 372 g/mol. The van der Waals surface area contributed by atoms with E-state index in [-0.39, 0.29) is 30.6 Å². The Balaban J connectivity index is 1.64. The molecule has 0 saturated carbocycles. The van der Waals surface area contributed by atoms with Gasteiger partial charge in [0.2, 0.25) is 5.91 Å². The second kappa shape index (κ2) is 7.92. The number of ketones is 1. The van der Waals surface area contributed by atoms with Crippen LogP contribution < -0.4 is 4.74 Å². The largest absolute Gasteiger partial charge is 0.497 e. The lowest BCUT2D eigenvalue weighted by atomic mass is 9.92. The van der Waals surface area contributed by atoms with Crippen LogP contribution in [0.1, 0.15) is 47.3 Å². The van der Waals surface area contributed by atoms with Crippen LogP contribution >= 0.6 is 11.6 Å². The molecule has 1 aliphatic heterocycles. The van der Waals surface area contributed by atoms with Crippen molar-refractivity contribution in [1.82, 2.24) is 4.90 Å².